The lowest BCUT2D eigenvalue weighted by molar-refractivity contribution is 0.0934. The minimum atomic E-state index is -0.182. The van der Waals surface area contributed by atoms with Crippen molar-refractivity contribution in [3.8, 4) is 0 Å². The van der Waals surface area contributed by atoms with Crippen molar-refractivity contribution in [2.24, 2.45) is 0 Å². The van der Waals surface area contributed by atoms with Crippen molar-refractivity contribution in [1.82, 2.24) is 15.3 Å². The molecule has 0 aliphatic rings. The molecule has 0 radical (unpaired) electrons. The SMILES string of the molecule is CCC(C)NC(=O)c1cc(Nc2ccccc2C(C)(C)C)ncn1. The van der Waals surface area contributed by atoms with E-state index in [-0.39, 0.29) is 17.4 Å². The molecule has 24 heavy (non-hydrogen) atoms. The van der Waals surface area contributed by atoms with Crippen LogP contribution in [0.4, 0.5) is 11.5 Å². The third-order valence-corrected chi connectivity index (χ3v) is 3.89. The molecule has 1 atom stereocenters. The Labute approximate surface area is 143 Å². The van der Waals surface area contributed by atoms with Gasteiger partial charge >= 0.3 is 0 Å². The third kappa shape index (κ3) is 4.54. The number of carbonyl (C=O) groups is 1. The molecular formula is C19H26N4O. The topological polar surface area (TPSA) is 66.9 Å². The van der Waals surface area contributed by atoms with Crippen LogP contribution in [0.5, 0.6) is 0 Å². The molecule has 2 aromatic rings. The fraction of sp³-hybridized carbons (Fsp3) is 0.421. The Hall–Kier alpha value is -2.43. The van der Waals surface area contributed by atoms with Gasteiger partial charge in [-0.05, 0) is 30.4 Å². The number of anilines is 2. The highest BCUT2D eigenvalue weighted by Gasteiger charge is 2.18. The number of rotatable bonds is 5. The number of benzene rings is 1. The predicted octanol–water partition coefficient (Wildman–Crippen LogP) is 4.05. The standard InChI is InChI=1S/C19H26N4O/c1-6-13(2)22-18(24)16-11-17(21-12-20-16)23-15-10-8-7-9-14(15)19(3,4)5/h7-13H,6H2,1-5H3,(H,22,24)(H,20,21,23). The average Bonchev–Trinajstić information content (AvgIpc) is 2.54. The van der Waals surface area contributed by atoms with E-state index in [1.807, 2.05) is 32.0 Å². The summed E-state index contributed by atoms with van der Waals surface area (Å²) >= 11 is 0. The van der Waals surface area contributed by atoms with Crippen LogP contribution in [-0.4, -0.2) is 21.9 Å². The molecule has 1 aromatic heterocycles. The van der Waals surface area contributed by atoms with E-state index in [4.69, 9.17) is 0 Å². The Kier molecular flexibility index (Phi) is 5.54. The summed E-state index contributed by atoms with van der Waals surface area (Å²) in [6, 6.07) is 9.91. The van der Waals surface area contributed by atoms with Gasteiger partial charge in [0.05, 0.1) is 0 Å². The summed E-state index contributed by atoms with van der Waals surface area (Å²) in [6.45, 7) is 10.5. The molecule has 5 nitrogen and oxygen atoms in total. The molecule has 0 aliphatic heterocycles. The van der Waals surface area contributed by atoms with E-state index in [0.717, 1.165) is 12.1 Å². The van der Waals surface area contributed by atoms with E-state index in [1.165, 1.54) is 11.9 Å². The molecule has 5 heteroatoms. The second-order valence-corrected chi connectivity index (χ2v) is 6.99. The van der Waals surface area contributed by atoms with Crippen molar-refractivity contribution < 1.29 is 4.79 Å². The highest BCUT2D eigenvalue weighted by Crippen LogP contribution is 2.30. The zero-order valence-corrected chi connectivity index (χ0v) is 15.1. The molecule has 0 bridgehead atoms. The molecule has 0 saturated carbocycles. The molecule has 0 fully saturated rings. The molecule has 0 spiro atoms. The molecule has 1 amide bonds. The summed E-state index contributed by atoms with van der Waals surface area (Å²) < 4.78 is 0. The van der Waals surface area contributed by atoms with Crippen LogP contribution >= 0.6 is 0 Å². The molecule has 1 unspecified atom stereocenters. The summed E-state index contributed by atoms with van der Waals surface area (Å²) in [6.07, 6.45) is 2.29. The van der Waals surface area contributed by atoms with Gasteiger partial charge in [-0.1, -0.05) is 45.9 Å². The molecule has 1 heterocycles. The van der Waals surface area contributed by atoms with Crippen LogP contribution in [0.25, 0.3) is 0 Å². The van der Waals surface area contributed by atoms with Gasteiger partial charge in [0.15, 0.2) is 0 Å². The van der Waals surface area contributed by atoms with Gasteiger partial charge in [-0.2, -0.15) is 0 Å². The molecule has 2 N–H and O–H groups in total. The van der Waals surface area contributed by atoms with Crippen LogP contribution in [0.2, 0.25) is 0 Å². The van der Waals surface area contributed by atoms with E-state index in [0.29, 0.717) is 11.5 Å². The summed E-state index contributed by atoms with van der Waals surface area (Å²) in [7, 11) is 0. The van der Waals surface area contributed by atoms with Gasteiger partial charge in [0, 0.05) is 17.8 Å². The van der Waals surface area contributed by atoms with Crippen molar-refractivity contribution in [2.45, 2.75) is 52.5 Å². The lowest BCUT2D eigenvalue weighted by Gasteiger charge is -2.23. The predicted molar refractivity (Wildman–Crippen MR) is 97.7 cm³/mol. The number of hydrogen-bond acceptors (Lipinski definition) is 4. The smallest absolute Gasteiger partial charge is 0.270 e. The number of nitrogens with zero attached hydrogens (tertiary/aromatic N) is 2. The first kappa shape index (κ1) is 17.9. The normalized spacial score (nSPS) is 12.5. The average molecular weight is 326 g/mol. The van der Waals surface area contributed by atoms with Gasteiger partial charge in [-0.25, -0.2) is 9.97 Å². The van der Waals surface area contributed by atoms with Crippen LogP contribution < -0.4 is 10.6 Å². The van der Waals surface area contributed by atoms with Crippen molar-refractivity contribution in [2.75, 3.05) is 5.32 Å². The summed E-state index contributed by atoms with van der Waals surface area (Å²) in [5.41, 5.74) is 2.54. The zero-order chi connectivity index (χ0) is 17.7. The first-order chi connectivity index (χ1) is 11.3. The van der Waals surface area contributed by atoms with Gasteiger partial charge < -0.3 is 10.6 Å². The Morgan fingerprint density at radius 2 is 1.92 bits per heavy atom. The molecule has 0 aliphatic carbocycles. The number of amides is 1. The van der Waals surface area contributed by atoms with E-state index in [1.54, 1.807) is 6.07 Å². The summed E-state index contributed by atoms with van der Waals surface area (Å²) in [5, 5.41) is 6.23. The number of aromatic nitrogens is 2. The van der Waals surface area contributed by atoms with E-state index in [9.17, 15) is 4.79 Å². The number of carbonyl (C=O) groups excluding carboxylic acids is 1. The number of hydrogen-bond donors (Lipinski definition) is 2. The van der Waals surface area contributed by atoms with Gasteiger partial charge in [0.2, 0.25) is 0 Å². The first-order valence-corrected chi connectivity index (χ1v) is 8.30. The largest absolute Gasteiger partial charge is 0.348 e. The molecule has 0 saturated heterocycles. The monoisotopic (exact) mass is 326 g/mol. The Morgan fingerprint density at radius 1 is 1.21 bits per heavy atom. The molecular weight excluding hydrogens is 300 g/mol. The van der Waals surface area contributed by atoms with E-state index < -0.39 is 0 Å². The maximum Gasteiger partial charge on any atom is 0.270 e. The van der Waals surface area contributed by atoms with Crippen LogP contribution in [-0.2, 0) is 5.41 Å². The van der Waals surface area contributed by atoms with Crippen molar-refractivity contribution >= 4 is 17.4 Å². The van der Waals surface area contributed by atoms with E-state index in [2.05, 4.69) is 47.4 Å². The lowest BCUT2D eigenvalue weighted by Crippen LogP contribution is -2.32. The van der Waals surface area contributed by atoms with Crippen LogP contribution in [0.15, 0.2) is 36.7 Å². The number of nitrogens with one attached hydrogen (secondary N) is 2. The van der Waals surface area contributed by atoms with Gasteiger partial charge in [0.25, 0.3) is 5.91 Å². The van der Waals surface area contributed by atoms with Crippen molar-refractivity contribution in [3.63, 3.8) is 0 Å². The zero-order valence-electron chi connectivity index (χ0n) is 15.1. The summed E-state index contributed by atoms with van der Waals surface area (Å²) in [4.78, 5) is 20.5. The van der Waals surface area contributed by atoms with Gasteiger partial charge in [-0.3, -0.25) is 4.79 Å². The third-order valence-electron chi connectivity index (χ3n) is 3.89. The maximum atomic E-state index is 12.2. The number of para-hydroxylation sites is 1. The Morgan fingerprint density at radius 3 is 2.58 bits per heavy atom. The minimum absolute atomic E-state index is 0.00733. The van der Waals surface area contributed by atoms with Gasteiger partial charge in [0.1, 0.15) is 17.8 Å². The fourth-order valence-corrected chi connectivity index (χ4v) is 2.33. The Bertz CT molecular complexity index is 707. The molecule has 1 aromatic carbocycles. The maximum absolute atomic E-state index is 12.2. The highest BCUT2D eigenvalue weighted by molar-refractivity contribution is 5.93. The van der Waals surface area contributed by atoms with Crippen molar-refractivity contribution in [3.05, 3.63) is 47.9 Å². The van der Waals surface area contributed by atoms with Crippen molar-refractivity contribution in [1.29, 1.82) is 0 Å². The summed E-state index contributed by atoms with van der Waals surface area (Å²) in [5.74, 6) is 0.426. The van der Waals surface area contributed by atoms with Crippen LogP contribution in [0.3, 0.4) is 0 Å². The Balaban J connectivity index is 2.23. The lowest BCUT2D eigenvalue weighted by atomic mass is 9.86. The second kappa shape index (κ2) is 7.43. The van der Waals surface area contributed by atoms with Gasteiger partial charge in [-0.15, -0.1) is 0 Å². The quantitative estimate of drug-likeness (QED) is 0.870. The molecule has 2 rings (SSSR count). The highest BCUT2D eigenvalue weighted by atomic mass is 16.1. The second-order valence-electron chi connectivity index (χ2n) is 6.99. The minimum Gasteiger partial charge on any atom is -0.348 e. The van der Waals surface area contributed by atoms with Crippen LogP contribution in [0, 0.1) is 0 Å². The fourth-order valence-electron chi connectivity index (χ4n) is 2.33. The van der Waals surface area contributed by atoms with Crippen LogP contribution in [0.1, 0.15) is 57.1 Å². The van der Waals surface area contributed by atoms with E-state index >= 15 is 0 Å². The molecule has 128 valence electrons. The first-order valence-electron chi connectivity index (χ1n) is 8.30.